The van der Waals surface area contributed by atoms with E-state index < -0.39 is 0 Å². The monoisotopic (exact) mass is 193 g/mol. The van der Waals surface area contributed by atoms with Gasteiger partial charge in [0.25, 0.3) is 0 Å². The quantitative estimate of drug-likeness (QED) is 0.433. The van der Waals surface area contributed by atoms with Gasteiger partial charge in [-0.25, -0.2) is 5.43 Å². The Bertz CT molecular complexity index is 390. The van der Waals surface area contributed by atoms with Crippen LogP contribution in [0, 0.1) is 0 Å². The predicted octanol–water partition coefficient (Wildman–Crippen LogP) is -0.909. The smallest absolute Gasteiger partial charge is 0.105 e. The first kappa shape index (κ1) is 8.85. The Labute approximate surface area is 80.3 Å². The third-order valence-electron chi connectivity index (χ3n) is 1.95. The third kappa shape index (κ3) is 1.50. The van der Waals surface area contributed by atoms with Gasteiger partial charge in [-0.2, -0.15) is 20.5 Å². The highest BCUT2D eigenvalue weighted by Crippen LogP contribution is 2.16. The second-order valence-corrected chi connectivity index (χ2v) is 2.94. The van der Waals surface area contributed by atoms with Crippen molar-refractivity contribution >= 4 is 0 Å². The lowest BCUT2D eigenvalue weighted by Gasteiger charge is -2.09. The largest absolute Gasteiger partial charge is 0.275 e. The number of aromatic nitrogens is 5. The molecule has 0 aliphatic carbocycles. The van der Waals surface area contributed by atoms with Gasteiger partial charge < -0.3 is 0 Å². The minimum Gasteiger partial charge on any atom is -0.275 e. The summed E-state index contributed by atoms with van der Waals surface area (Å²) in [7, 11) is 1.85. The van der Waals surface area contributed by atoms with Crippen LogP contribution in [0.2, 0.25) is 0 Å². The standard InChI is InChI=1S/C7H11N7/c1-14-4-5(2-10-14)7(11-8)6-3-9-13-12-6/h2-4,7,11H,8H2,1H3,(H,9,12,13). The van der Waals surface area contributed by atoms with Gasteiger partial charge in [0.15, 0.2) is 0 Å². The van der Waals surface area contributed by atoms with Crippen LogP contribution in [0.1, 0.15) is 17.3 Å². The molecule has 0 aromatic carbocycles. The molecule has 4 N–H and O–H groups in total. The van der Waals surface area contributed by atoms with E-state index in [1.54, 1.807) is 17.1 Å². The predicted molar refractivity (Wildman–Crippen MR) is 48.8 cm³/mol. The summed E-state index contributed by atoms with van der Waals surface area (Å²) in [4.78, 5) is 0. The van der Waals surface area contributed by atoms with E-state index >= 15 is 0 Å². The second kappa shape index (κ2) is 3.56. The van der Waals surface area contributed by atoms with E-state index in [9.17, 15) is 0 Å². The van der Waals surface area contributed by atoms with E-state index in [-0.39, 0.29) is 6.04 Å². The van der Waals surface area contributed by atoms with Crippen LogP contribution in [0.25, 0.3) is 0 Å². The number of nitrogens with two attached hydrogens (primary N) is 1. The van der Waals surface area contributed by atoms with Crippen LogP contribution >= 0.6 is 0 Å². The van der Waals surface area contributed by atoms with Gasteiger partial charge in [-0.1, -0.05) is 0 Å². The number of rotatable bonds is 3. The van der Waals surface area contributed by atoms with Gasteiger partial charge in [-0.15, -0.1) is 0 Å². The molecular formula is C7H11N7. The molecule has 2 rings (SSSR count). The Morgan fingerprint density at radius 1 is 1.57 bits per heavy atom. The van der Waals surface area contributed by atoms with E-state index in [2.05, 4.69) is 25.9 Å². The van der Waals surface area contributed by atoms with Gasteiger partial charge in [0.2, 0.25) is 0 Å². The molecule has 0 amide bonds. The van der Waals surface area contributed by atoms with Gasteiger partial charge in [-0.05, 0) is 0 Å². The summed E-state index contributed by atoms with van der Waals surface area (Å²) < 4.78 is 1.71. The number of hydrogen-bond acceptors (Lipinski definition) is 5. The first-order chi connectivity index (χ1) is 6.81. The summed E-state index contributed by atoms with van der Waals surface area (Å²) in [6.07, 6.45) is 5.23. The fourth-order valence-corrected chi connectivity index (χ4v) is 1.29. The molecule has 14 heavy (non-hydrogen) atoms. The highest BCUT2D eigenvalue weighted by atomic mass is 15.3. The first-order valence-corrected chi connectivity index (χ1v) is 4.11. The van der Waals surface area contributed by atoms with Gasteiger partial charge in [0, 0.05) is 18.8 Å². The Morgan fingerprint density at radius 2 is 2.43 bits per heavy atom. The van der Waals surface area contributed by atoms with Crippen molar-refractivity contribution in [2.45, 2.75) is 6.04 Å². The van der Waals surface area contributed by atoms with Crippen LogP contribution < -0.4 is 11.3 Å². The maximum absolute atomic E-state index is 5.44. The molecule has 0 aliphatic heterocycles. The maximum atomic E-state index is 5.44. The summed E-state index contributed by atoms with van der Waals surface area (Å²) in [5, 5.41) is 14.3. The molecule has 0 spiro atoms. The summed E-state index contributed by atoms with van der Waals surface area (Å²) in [5.41, 5.74) is 4.34. The lowest BCUT2D eigenvalue weighted by atomic mass is 10.1. The van der Waals surface area contributed by atoms with Crippen molar-refractivity contribution in [3.63, 3.8) is 0 Å². The molecule has 2 aromatic heterocycles. The molecule has 0 aliphatic rings. The van der Waals surface area contributed by atoms with Gasteiger partial charge in [0.05, 0.1) is 18.4 Å². The first-order valence-electron chi connectivity index (χ1n) is 4.11. The molecule has 2 aromatic rings. The molecule has 0 saturated heterocycles. The van der Waals surface area contributed by atoms with Crippen molar-refractivity contribution in [3.05, 3.63) is 29.8 Å². The molecule has 0 fully saturated rings. The average molecular weight is 193 g/mol. The van der Waals surface area contributed by atoms with Gasteiger partial charge in [0.1, 0.15) is 5.69 Å². The SMILES string of the molecule is Cn1cc(C(NN)c2cn[nH]n2)cn1. The molecule has 1 atom stereocenters. The van der Waals surface area contributed by atoms with Crippen LogP contribution in [0.15, 0.2) is 18.6 Å². The van der Waals surface area contributed by atoms with Crippen molar-refractivity contribution in [2.24, 2.45) is 12.9 Å². The highest BCUT2D eigenvalue weighted by molar-refractivity contribution is 5.20. The number of hydrogen-bond donors (Lipinski definition) is 3. The van der Waals surface area contributed by atoms with Crippen molar-refractivity contribution in [1.29, 1.82) is 0 Å². The number of nitrogens with one attached hydrogen (secondary N) is 2. The molecular weight excluding hydrogens is 182 g/mol. The zero-order valence-corrected chi connectivity index (χ0v) is 7.68. The molecule has 1 unspecified atom stereocenters. The minimum absolute atomic E-state index is 0.178. The Balaban J connectivity index is 2.31. The Kier molecular flexibility index (Phi) is 2.25. The number of nitrogens with zero attached hydrogens (tertiary/aromatic N) is 4. The normalized spacial score (nSPS) is 13.0. The van der Waals surface area contributed by atoms with E-state index in [4.69, 9.17) is 5.84 Å². The molecule has 2 heterocycles. The number of hydrazine groups is 1. The topological polar surface area (TPSA) is 97.4 Å². The summed E-state index contributed by atoms with van der Waals surface area (Å²) in [6, 6.07) is -0.178. The van der Waals surface area contributed by atoms with Crippen LogP contribution in [-0.4, -0.2) is 25.2 Å². The highest BCUT2D eigenvalue weighted by Gasteiger charge is 2.16. The average Bonchev–Trinajstić information content (AvgIpc) is 2.79. The molecule has 0 saturated carbocycles. The summed E-state index contributed by atoms with van der Waals surface area (Å²) in [5.74, 6) is 5.44. The zero-order chi connectivity index (χ0) is 9.97. The maximum Gasteiger partial charge on any atom is 0.105 e. The van der Waals surface area contributed by atoms with Gasteiger partial charge in [-0.3, -0.25) is 10.5 Å². The molecule has 74 valence electrons. The number of aryl methyl sites for hydroxylation is 1. The van der Waals surface area contributed by atoms with Crippen molar-refractivity contribution in [1.82, 2.24) is 30.6 Å². The van der Waals surface area contributed by atoms with E-state index in [0.717, 1.165) is 11.3 Å². The lowest BCUT2D eigenvalue weighted by Crippen LogP contribution is -2.28. The fraction of sp³-hybridized carbons (Fsp3) is 0.286. The molecule has 0 radical (unpaired) electrons. The summed E-state index contributed by atoms with van der Waals surface area (Å²) in [6.45, 7) is 0. The van der Waals surface area contributed by atoms with E-state index in [1.807, 2.05) is 13.2 Å². The Hall–Kier alpha value is -1.73. The van der Waals surface area contributed by atoms with Crippen molar-refractivity contribution in [3.8, 4) is 0 Å². The van der Waals surface area contributed by atoms with E-state index in [0.29, 0.717) is 0 Å². The van der Waals surface area contributed by atoms with Crippen LogP contribution in [0.3, 0.4) is 0 Å². The molecule has 7 heteroatoms. The second-order valence-electron chi connectivity index (χ2n) is 2.94. The van der Waals surface area contributed by atoms with Gasteiger partial charge >= 0.3 is 0 Å². The molecule has 7 nitrogen and oxygen atoms in total. The number of aromatic amines is 1. The molecule has 0 bridgehead atoms. The summed E-state index contributed by atoms with van der Waals surface area (Å²) >= 11 is 0. The van der Waals surface area contributed by atoms with Crippen LogP contribution in [0.4, 0.5) is 0 Å². The van der Waals surface area contributed by atoms with Crippen LogP contribution in [0.5, 0.6) is 0 Å². The third-order valence-corrected chi connectivity index (χ3v) is 1.95. The number of H-pyrrole nitrogens is 1. The minimum atomic E-state index is -0.178. The zero-order valence-electron chi connectivity index (χ0n) is 7.68. The fourth-order valence-electron chi connectivity index (χ4n) is 1.29. The Morgan fingerprint density at radius 3 is 2.93 bits per heavy atom. The lowest BCUT2D eigenvalue weighted by molar-refractivity contribution is 0.617. The van der Waals surface area contributed by atoms with Crippen LogP contribution in [-0.2, 0) is 7.05 Å². The van der Waals surface area contributed by atoms with Crippen molar-refractivity contribution < 1.29 is 0 Å². The van der Waals surface area contributed by atoms with Crippen molar-refractivity contribution in [2.75, 3.05) is 0 Å². The van der Waals surface area contributed by atoms with E-state index in [1.165, 1.54) is 0 Å².